The Morgan fingerprint density at radius 2 is 1.79 bits per heavy atom. The molecule has 5 rings (SSSR count). The number of fused-ring (bicyclic) bond motifs is 1. The number of hydrogen-bond donors (Lipinski definition) is 3. The zero-order chi connectivity index (χ0) is 26.5. The van der Waals surface area contributed by atoms with Gasteiger partial charge >= 0.3 is 0 Å². The average Bonchev–Trinajstić information content (AvgIpc) is 3.32. The molecule has 1 saturated heterocycles. The number of nitrogens with zero attached hydrogens (tertiary/aromatic N) is 1. The van der Waals surface area contributed by atoms with Gasteiger partial charge in [-0.1, -0.05) is 48.0 Å². The number of piperidine rings is 1. The van der Waals surface area contributed by atoms with E-state index in [1.54, 1.807) is 41.4 Å². The molecule has 194 valence electrons. The summed E-state index contributed by atoms with van der Waals surface area (Å²) in [6, 6.07) is 21.6. The van der Waals surface area contributed by atoms with Crippen molar-refractivity contribution in [3.8, 4) is 0 Å². The van der Waals surface area contributed by atoms with Crippen LogP contribution in [0.4, 0.5) is 11.4 Å². The molecule has 7 nitrogen and oxygen atoms in total. The number of anilines is 2. The molecule has 4 aromatic rings. The third kappa shape index (κ3) is 5.89. The number of aromatic nitrogens is 1. The molecule has 3 aromatic carbocycles. The molecule has 8 heteroatoms. The maximum absolute atomic E-state index is 13.3. The van der Waals surface area contributed by atoms with Gasteiger partial charge in [0.1, 0.15) is 6.04 Å². The normalized spacial score (nSPS) is 14.3. The third-order valence-electron chi connectivity index (χ3n) is 6.85. The summed E-state index contributed by atoms with van der Waals surface area (Å²) in [6.45, 7) is 0.707. The van der Waals surface area contributed by atoms with Crippen LogP contribution in [0.25, 0.3) is 10.9 Å². The van der Waals surface area contributed by atoms with Crippen LogP contribution in [0, 0.1) is 0 Å². The molecule has 1 fully saturated rings. The second-order valence-electron chi connectivity index (χ2n) is 9.49. The first-order chi connectivity index (χ1) is 18.5. The van der Waals surface area contributed by atoms with E-state index in [1.165, 1.54) is 0 Å². The van der Waals surface area contributed by atoms with Gasteiger partial charge in [-0.25, -0.2) is 0 Å². The first-order valence-electron chi connectivity index (χ1n) is 12.8. The number of hydrogen-bond acceptors (Lipinski definition) is 3. The van der Waals surface area contributed by atoms with Crippen molar-refractivity contribution in [2.45, 2.75) is 38.1 Å². The summed E-state index contributed by atoms with van der Waals surface area (Å²) in [4.78, 5) is 43.6. The van der Waals surface area contributed by atoms with Crippen molar-refractivity contribution >= 4 is 51.6 Å². The first kappa shape index (κ1) is 25.5. The molecular weight excluding hydrogens is 500 g/mol. The van der Waals surface area contributed by atoms with Gasteiger partial charge in [-0.15, -0.1) is 0 Å². The van der Waals surface area contributed by atoms with Crippen molar-refractivity contribution in [2.24, 2.45) is 0 Å². The van der Waals surface area contributed by atoms with Crippen molar-refractivity contribution < 1.29 is 14.4 Å². The topological polar surface area (TPSA) is 94.3 Å². The number of amides is 3. The fourth-order valence-electron chi connectivity index (χ4n) is 4.73. The molecular formula is C30H29ClN4O3. The Labute approximate surface area is 226 Å². The minimum Gasteiger partial charge on any atom is -0.360 e. The quantitative estimate of drug-likeness (QED) is 0.273. The molecule has 1 unspecified atom stereocenters. The van der Waals surface area contributed by atoms with E-state index < -0.39 is 6.04 Å². The Bertz CT molecular complexity index is 1450. The number of carbonyl (C=O) groups is 3. The zero-order valence-electron chi connectivity index (χ0n) is 20.9. The lowest BCUT2D eigenvalue weighted by Crippen LogP contribution is -2.44. The van der Waals surface area contributed by atoms with Crippen molar-refractivity contribution in [1.82, 2.24) is 10.3 Å². The fourth-order valence-corrected chi connectivity index (χ4v) is 4.95. The maximum Gasteiger partial charge on any atom is 0.252 e. The summed E-state index contributed by atoms with van der Waals surface area (Å²) in [5.41, 5.74) is 3.69. The average molecular weight is 529 g/mol. The Morgan fingerprint density at radius 1 is 1.00 bits per heavy atom. The second kappa shape index (κ2) is 11.5. The number of benzene rings is 3. The molecule has 1 aromatic heterocycles. The summed E-state index contributed by atoms with van der Waals surface area (Å²) in [5, 5.41) is 7.26. The summed E-state index contributed by atoms with van der Waals surface area (Å²) in [5.74, 6) is -0.526. The molecule has 0 bridgehead atoms. The van der Waals surface area contributed by atoms with Crippen LogP contribution >= 0.6 is 11.6 Å². The minimum absolute atomic E-state index is 0.122. The van der Waals surface area contributed by atoms with Crippen LogP contribution < -0.4 is 15.5 Å². The second-order valence-corrected chi connectivity index (χ2v) is 9.89. The van der Waals surface area contributed by atoms with E-state index in [9.17, 15) is 14.4 Å². The highest BCUT2D eigenvalue weighted by Gasteiger charge is 2.23. The van der Waals surface area contributed by atoms with Crippen LogP contribution in [0.15, 0.2) is 79.0 Å². The van der Waals surface area contributed by atoms with E-state index in [2.05, 4.69) is 15.6 Å². The van der Waals surface area contributed by atoms with Crippen LogP contribution in [0.1, 0.15) is 41.6 Å². The SMILES string of the molecule is O=C(NC(CCc1ccccc1)C(=O)Nc1ccc(N2CCCCC2=O)cc1)c1ccc2c(Cl)c[nH]c2c1. The predicted octanol–water partition coefficient (Wildman–Crippen LogP) is 5.71. The highest BCUT2D eigenvalue weighted by molar-refractivity contribution is 6.35. The van der Waals surface area contributed by atoms with Crippen molar-refractivity contribution in [3.63, 3.8) is 0 Å². The van der Waals surface area contributed by atoms with Crippen molar-refractivity contribution in [1.29, 1.82) is 0 Å². The van der Waals surface area contributed by atoms with Crippen LogP contribution in [-0.4, -0.2) is 35.3 Å². The Morgan fingerprint density at radius 3 is 2.55 bits per heavy atom. The van der Waals surface area contributed by atoms with Crippen molar-refractivity contribution in [3.05, 3.63) is 95.1 Å². The Kier molecular flexibility index (Phi) is 7.75. The summed E-state index contributed by atoms with van der Waals surface area (Å²) >= 11 is 6.16. The molecule has 1 atom stereocenters. The maximum atomic E-state index is 13.3. The first-order valence-corrected chi connectivity index (χ1v) is 13.2. The lowest BCUT2D eigenvalue weighted by Gasteiger charge is -2.27. The summed E-state index contributed by atoms with van der Waals surface area (Å²) in [6.07, 6.45) is 5.20. The van der Waals surface area contributed by atoms with Crippen LogP contribution in [-0.2, 0) is 16.0 Å². The van der Waals surface area contributed by atoms with E-state index in [4.69, 9.17) is 11.6 Å². The van der Waals surface area contributed by atoms with Crippen LogP contribution in [0.5, 0.6) is 0 Å². The Hall–Kier alpha value is -4.10. The van der Waals surface area contributed by atoms with Gasteiger partial charge in [0.2, 0.25) is 11.8 Å². The number of H-pyrrole nitrogens is 1. The zero-order valence-corrected chi connectivity index (χ0v) is 21.6. The molecule has 0 aliphatic carbocycles. The van der Waals surface area contributed by atoms with Gasteiger partial charge in [-0.2, -0.15) is 0 Å². The van der Waals surface area contributed by atoms with Gasteiger partial charge in [0.25, 0.3) is 5.91 Å². The Balaban J connectivity index is 1.30. The van der Waals surface area contributed by atoms with E-state index in [0.29, 0.717) is 42.1 Å². The van der Waals surface area contributed by atoms with Crippen LogP contribution in [0.2, 0.25) is 5.02 Å². The number of nitrogens with one attached hydrogen (secondary N) is 3. The standard InChI is InChI=1S/C30H29ClN4O3/c31-25-19-32-27-18-21(10-15-24(25)27)29(37)34-26(16-9-20-6-2-1-3-7-20)30(38)33-22-11-13-23(14-12-22)35-17-5-4-8-28(35)36/h1-3,6-7,10-15,18-19,26,32H,4-5,8-9,16-17H2,(H,33,38)(H,34,37). The van der Waals surface area contributed by atoms with Crippen LogP contribution in [0.3, 0.4) is 0 Å². The van der Waals surface area contributed by atoms with Gasteiger partial charge in [-0.3, -0.25) is 14.4 Å². The molecule has 2 heterocycles. The molecule has 3 amide bonds. The predicted molar refractivity (Wildman–Crippen MR) is 151 cm³/mol. The molecule has 0 radical (unpaired) electrons. The fraction of sp³-hybridized carbons (Fsp3) is 0.233. The number of carbonyl (C=O) groups excluding carboxylic acids is 3. The summed E-state index contributed by atoms with van der Waals surface area (Å²) < 4.78 is 0. The monoisotopic (exact) mass is 528 g/mol. The lowest BCUT2D eigenvalue weighted by molar-refractivity contribution is -0.119. The van der Waals surface area contributed by atoms with Gasteiger partial charge in [0.15, 0.2) is 0 Å². The van der Waals surface area contributed by atoms with Gasteiger partial charge in [0, 0.05) is 47.0 Å². The molecule has 3 N–H and O–H groups in total. The third-order valence-corrected chi connectivity index (χ3v) is 7.16. The van der Waals surface area contributed by atoms with E-state index in [1.807, 2.05) is 42.5 Å². The van der Waals surface area contributed by atoms with E-state index in [-0.39, 0.29) is 17.7 Å². The molecule has 0 spiro atoms. The molecule has 38 heavy (non-hydrogen) atoms. The highest BCUT2D eigenvalue weighted by atomic mass is 35.5. The van der Waals surface area contributed by atoms with Crippen molar-refractivity contribution in [2.75, 3.05) is 16.8 Å². The highest BCUT2D eigenvalue weighted by Crippen LogP contribution is 2.25. The number of rotatable bonds is 8. The molecule has 1 aliphatic rings. The lowest BCUT2D eigenvalue weighted by atomic mass is 10.0. The summed E-state index contributed by atoms with van der Waals surface area (Å²) in [7, 11) is 0. The molecule has 1 aliphatic heterocycles. The smallest absolute Gasteiger partial charge is 0.252 e. The van der Waals surface area contributed by atoms with E-state index in [0.717, 1.165) is 35.0 Å². The van der Waals surface area contributed by atoms with Gasteiger partial charge in [0.05, 0.1) is 5.02 Å². The van der Waals surface area contributed by atoms with E-state index >= 15 is 0 Å². The molecule has 0 saturated carbocycles. The number of aromatic amines is 1. The number of halogens is 1. The largest absolute Gasteiger partial charge is 0.360 e. The number of aryl methyl sites for hydroxylation is 1. The minimum atomic E-state index is -0.756. The van der Waals surface area contributed by atoms with Gasteiger partial charge in [-0.05, 0) is 67.6 Å². The van der Waals surface area contributed by atoms with Gasteiger partial charge < -0.3 is 20.5 Å².